The quantitative estimate of drug-likeness (QED) is 0.681. The average Bonchev–Trinajstić information content (AvgIpc) is 2.72. The van der Waals surface area contributed by atoms with Gasteiger partial charge in [0.25, 0.3) is 5.69 Å². The second-order valence-electron chi connectivity index (χ2n) is 3.75. The van der Waals surface area contributed by atoms with Crippen LogP contribution in [0.15, 0.2) is 12.1 Å². The van der Waals surface area contributed by atoms with Crippen LogP contribution >= 0.6 is 12.4 Å². The molecular formula is C10H11ClF2N2O4. The summed E-state index contributed by atoms with van der Waals surface area (Å²) in [5.41, 5.74) is 5.23. The average molecular weight is 297 g/mol. The number of fused-ring (bicyclic) bond motifs is 1. The van der Waals surface area contributed by atoms with E-state index in [1.54, 1.807) is 0 Å². The minimum Gasteiger partial charge on any atom is -0.454 e. The highest BCUT2D eigenvalue weighted by Gasteiger charge is 2.27. The standard InChI is InChI=1S/C10H10F2N2O4.ClH/c11-10(12)2-6(13)5-1-8-9(18-4-17-8)3-7(5)14(15)16;/h1,3,6,10H,2,4,13H2;1H/t6-;/m0./s1. The molecule has 0 amide bonds. The van der Waals surface area contributed by atoms with Gasteiger partial charge in [0.05, 0.1) is 16.6 Å². The summed E-state index contributed by atoms with van der Waals surface area (Å²) in [6, 6.07) is 1.30. The summed E-state index contributed by atoms with van der Waals surface area (Å²) >= 11 is 0. The van der Waals surface area contributed by atoms with Crippen molar-refractivity contribution in [3.05, 3.63) is 27.8 Å². The van der Waals surface area contributed by atoms with Crippen LogP contribution in [-0.2, 0) is 0 Å². The summed E-state index contributed by atoms with van der Waals surface area (Å²) in [4.78, 5) is 10.2. The molecule has 1 aromatic rings. The molecule has 2 N–H and O–H groups in total. The number of nitro benzene ring substituents is 1. The van der Waals surface area contributed by atoms with Gasteiger partial charge in [0.2, 0.25) is 13.2 Å². The van der Waals surface area contributed by atoms with E-state index in [-0.39, 0.29) is 41.9 Å². The molecular weight excluding hydrogens is 286 g/mol. The third-order valence-corrected chi connectivity index (χ3v) is 2.55. The molecule has 106 valence electrons. The number of halogens is 3. The smallest absolute Gasteiger partial charge is 0.278 e. The van der Waals surface area contributed by atoms with Gasteiger partial charge >= 0.3 is 0 Å². The number of nitrogens with zero attached hydrogens (tertiary/aromatic N) is 1. The lowest BCUT2D eigenvalue weighted by atomic mass is 10.0. The molecule has 0 fully saturated rings. The Labute approximate surface area is 113 Å². The second-order valence-corrected chi connectivity index (χ2v) is 3.75. The van der Waals surface area contributed by atoms with E-state index in [0.717, 1.165) is 6.07 Å². The van der Waals surface area contributed by atoms with E-state index in [1.807, 2.05) is 0 Å². The van der Waals surface area contributed by atoms with Crippen LogP contribution in [0, 0.1) is 10.1 Å². The highest BCUT2D eigenvalue weighted by Crippen LogP contribution is 2.40. The number of nitro groups is 1. The molecule has 1 heterocycles. The predicted molar refractivity (Wildman–Crippen MR) is 64.0 cm³/mol. The number of hydrogen-bond acceptors (Lipinski definition) is 5. The highest BCUT2D eigenvalue weighted by molar-refractivity contribution is 5.85. The van der Waals surface area contributed by atoms with Crippen LogP contribution in [0.25, 0.3) is 0 Å². The Bertz CT molecular complexity index is 487. The molecule has 0 bridgehead atoms. The van der Waals surface area contributed by atoms with Gasteiger partial charge in [0.15, 0.2) is 11.5 Å². The summed E-state index contributed by atoms with van der Waals surface area (Å²) in [5.74, 6) is 0.495. The zero-order valence-corrected chi connectivity index (χ0v) is 10.4. The minimum absolute atomic E-state index is 0. The zero-order valence-electron chi connectivity index (χ0n) is 9.55. The maximum atomic E-state index is 12.3. The summed E-state index contributed by atoms with van der Waals surface area (Å²) in [6.07, 6.45) is -3.29. The van der Waals surface area contributed by atoms with Gasteiger partial charge in [-0.05, 0) is 6.07 Å². The normalized spacial score (nSPS) is 14.1. The number of nitrogens with two attached hydrogens (primary N) is 1. The maximum absolute atomic E-state index is 12.3. The molecule has 9 heteroatoms. The van der Waals surface area contributed by atoms with Crippen molar-refractivity contribution in [2.45, 2.75) is 18.9 Å². The van der Waals surface area contributed by atoms with Gasteiger partial charge in [-0.3, -0.25) is 10.1 Å². The number of hydrogen-bond donors (Lipinski definition) is 1. The molecule has 0 unspecified atom stereocenters. The van der Waals surface area contributed by atoms with Crippen molar-refractivity contribution in [1.29, 1.82) is 0 Å². The Morgan fingerprint density at radius 3 is 2.47 bits per heavy atom. The van der Waals surface area contributed by atoms with Gasteiger partial charge in [-0.2, -0.15) is 0 Å². The molecule has 0 saturated carbocycles. The maximum Gasteiger partial charge on any atom is 0.278 e. The molecule has 1 aliphatic heterocycles. The molecule has 6 nitrogen and oxygen atoms in total. The van der Waals surface area contributed by atoms with E-state index in [4.69, 9.17) is 15.2 Å². The van der Waals surface area contributed by atoms with Crippen molar-refractivity contribution in [3.63, 3.8) is 0 Å². The van der Waals surface area contributed by atoms with E-state index in [9.17, 15) is 18.9 Å². The summed E-state index contributed by atoms with van der Waals surface area (Å²) in [6.45, 7) is -0.0555. The van der Waals surface area contributed by atoms with Crippen LogP contribution in [0.3, 0.4) is 0 Å². The monoisotopic (exact) mass is 296 g/mol. The van der Waals surface area contributed by atoms with Crippen LogP contribution in [0.1, 0.15) is 18.0 Å². The van der Waals surface area contributed by atoms with Gasteiger partial charge in [0.1, 0.15) is 0 Å². The van der Waals surface area contributed by atoms with Crippen molar-refractivity contribution in [3.8, 4) is 11.5 Å². The van der Waals surface area contributed by atoms with E-state index < -0.39 is 23.8 Å². The van der Waals surface area contributed by atoms with E-state index in [0.29, 0.717) is 0 Å². The van der Waals surface area contributed by atoms with Crippen molar-refractivity contribution in [2.75, 3.05) is 6.79 Å². The molecule has 0 aliphatic carbocycles. The van der Waals surface area contributed by atoms with Crippen LogP contribution < -0.4 is 15.2 Å². The molecule has 0 saturated heterocycles. The van der Waals surface area contributed by atoms with Gasteiger partial charge in [0, 0.05) is 12.5 Å². The first-order valence-corrected chi connectivity index (χ1v) is 5.10. The van der Waals surface area contributed by atoms with E-state index in [2.05, 4.69) is 0 Å². The van der Waals surface area contributed by atoms with Crippen molar-refractivity contribution >= 4 is 18.1 Å². The Balaban J connectivity index is 0.00000180. The van der Waals surface area contributed by atoms with E-state index in [1.165, 1.54) is 6.07 Å². The second kappa shape index (κ2) is 5.98. The fourth-order valence-corrected chi connectivity index (χ4v) is 1.72. The Hall–Kier alpha value is -1.67. The molecule has 2 rings (SSSR count). The summed E-state index contributed by atoms with van der Waals surface area (Å²) in [7, 11) is 0. The predicted octanol–water partition coefficient (Wildman–Crippen LogP) is 2.40. The fourth-order valence-electron chi connectivity index (χ4n) is 1.72. The topological polar surface area (TPSA) is 87.6 Å². The van der Waals surface area contributed by atoms with Gasteiger partial charge in [-0.15, -0.1) is 12.4 Å². The minimum atomic E-state index is -2.63. The lowest BCUT2D eigenvalue weighted by Crippen LogP contribution is -2.15. The van der Waals surface area contributed by atoms with Crippen LogP contribution in [0.5, 0.6) is 11.5 Å². The molecule has 0 radical (unpaired) electrons. The lowest BCUT2D eigenvalue weighted by molar-refractivity contribution is -0.385. The molecule has 1 aliphatic rings. The first kappa shape index (κ1) is 15.4. The first-order valence-electron chi connectivity index (χ1n) is 5.10. The molecule has 0 spiro atoms. The SMILES string of the molecule is Cl.N[C@@H](CC(F)F)c1cc2c(cc1[N+](=O)[O-])OCO2. The van der Waals surface area contributed by atoms with Crippen LogP contribution in [0.2, 0.25) is 0 Å². The molecule has 0 aromatic heterocycles. The van der Waals surface area contributed by atoms with Gasteiger partial charge in [-0.1, -0.05) is 0 Å². The van der Waals surface area contributed by atoms with Crippen LogP contribution in [0.4, 0.5) is 14.5 Å². The number of ether oxygens (including phenoxy) is 2. The Kier molecular flexibility index (Phi) is 4.84. The molecule has 1 atom stereocenters. The third-order valence-electron chi connectivity index (χ3n) is 2.55. The van der Waals surface area contributed by atoms with Crippen molar-refractivity contribution < 1.29 is 23.2 Å². The summed E-state index contributed by atoms with van der Waals surface area (Å²) < 4.78 is 34.6. The summed E-state index contributed by atoms with van der Waals surface area (Å²) in [5, 5.41) is 10.9. The van der Waals surface area contributed by atoms with E-state index >= 15 is 0 Å². The fraction of sp³-hybridized carbons (Fsp3) is 0.400. The highest BCUT2D eigenvalue weighted by atomic mass is 35.5. The van der Waals surface area contributed by atoms with Crippen molar-refractivity contribution in [2.24, 2.45) is 5.73 Å². The Morgan fingerprint density at radius 2 is 1.95 bits per heavy atom. The Morgan fingerprint density at radius 1 is 1.37 bits per heavy atom. The number of rotatable bonds is 4. The number of alkyl halides is 2. The van der Waals surface area contributed by atoms with Crippen molar-refractivity contribution in [1.82, 2.24) is 0 Å². The largest absolute Gasteiger partial charge is 0.454 e. The van der Waals surface area contributed by atoms with Gasteiger partial charge in [-0.25, -0.2) is 8.78 Å². The number of benzene rings is 1. The van der Waals surface area contributed by atoms with Gasteiger partial charge < -0.3 is 15.2 Å². The third kappa shape index (κ3) is 3.21. The molecule has 19 heavy (non-hydrogen) atoms. The van der Waals surface area contributed by atoms with Crippen LogP contribution in [-0.4, -0.2) is 18.1 Å². The first-order chi connectivity index (χ1) is 8.49. The zero-order chi connectivity index (χ0) is 13.3. The lowest BCUT2D eigenvalue weighted by Gasteiger charge is -2.12. The molecule has 1 aromatic carbocycles.